The van der Waals surface area contributed by atoms with Crippen LogP contribution in [0.5, 0.6) is 0 Å². The molecule has 0 radical (unpaired) electrons. The predicted molar refractivity (Wildman–Crippen MR) is 76.0 cm³/mol. The van der Waals surface area contributed by atoms with E-state index in [2.05, 4.69) is 19.2 Å². The van der Waals surface area contributed by atoms with Crippen LogP contribution in [0.2, 0.25) is 0 Å². The molecule has 2 rings (SSSR count). The molecule has 19 heavy (non-hydrogen) atoms. The molecule has 1 aliphatic heterocycles. The van der Waals surface area contributed by atoms with Crippen molar-refractivity contribution in [3.8, 4) is 0 Å². The first-order chi connectivity index (χ1) is 8.87. The molecule has 104 valence electrons. The van der Waals surface area contributed by atoms with E-state index >= 15 is 0 Å². The van der Waals surface area contributed by atoms with E-state index in [1.165, 1.54) is 0 Å². The van der Waals surface area contributed by atoms with Gasteiger partial charge in [-0.3, -0.25) is 4.79 Å². The molecular weight excluding hydrogens is 242 g/mol. The number of rotatable bonds is 3. The number of nitrogens with two attached hydrogens (primary N) is 2. The molecular formula is C14H21N3O2. The largest absolute Gasteiger partial charge is 0.399 e. The van der Waals surface area contributed by atoms with Gasteiger partial charge in [0.15, 0.2) is 0 Å². The highest BCUT2D eigenvalue weighted by molar-refractivity contribution is 5.99. The van der Waals surface area contributed by atoms with Gasteiger partial charge in [-0.1, -0.05) is 0 Å². The fraction of sp³-hybridized carbons (Fsp3) is 0.500. The quantitative estimate of drug-likeness (QED) is 0.724. The Balaban J connectivity index is 2.18. The molecule has 1 aromatic carbocycles. The van der Waals surface area contributed by atoms with Crippen LogP contribution in [0.1, 0.15) is 37.0 Å². The lowest BCUT2D eigenvalue weighted by atomic mass is 9.93. The second-order valence-corrected chi connectivity index (χ2v) is 5.61. The van der Waals surface area contributed by atoms with Crippen LogP contribution >= 0.6 is 0 Å². The van der Waals surface area contributed by atoms with Crippen LogP contribution in [0.25, 0.3) is 0 Å². The summed E-state index contributed by atoms with van der Waals surface area (Å²) >= 11 is 0. The van der Waals surface area contributed by atoms with Crippen molar-refractivity contribution in [2.24, 2.45) is 5.73 Å². The first kappa shape index (κ1) is 13.7. The summed E-state index contributed by atoms with van der Waals surface area (Å²) < 4.78 is 5.68. The second-order valence-electron chi connectivity index (χ2n) is 5.61. The SMILES string of the molecule is CC1(C)CC(Nc2cc(N)ccc2C(N)=O)CCO1. The Morgan fingerprint density at radius 1 is 1.47 bits per heavy atom. The Morgan fingerprint density at radius 2 is 2.21 bits per heavy atom. The van der Waals surface area contributed by atoms with E-state index in [0.29, 0.717) is 23.5 Å². The molecule has 1 amide bonds. The molecule has 0 bridgehead atoms. The van der Waals surface area contributed by atoms with Crippen molar-refractivity contribution in [3.05, 3.63) is 23.8 Å². The first-order valence-corrected chi connectivity index (χ1v) is 6.47. The number of amides is 1. The summed E-state index contributed by atoms with van der Waals surface area (Å²) in [6, 6.07) is 5.34. The van der Waals surface area contributed by atoms with Gasteiger partial charge in [0.1, 0.15) is 0 Å². The minimum absolute atomic E-state index is 0.150. The number of hydrogen-bond donors (Lipinski definition) is 3. The second kappa shape index (κ2) is 5.09. The summed E-state index contributed by atoms with van der Waals surface area (Å²) in [7, 11) is 0. The topological polar surface area (TPSA) is 90.4 Å². The molecule has 1 atom stereocenters. The highest BCUT2D eigenvalue weighted by Gasteiger charge is 2.29. The summed E-state index contributed by atoms with van der Waals surface area (Å²) in [6.07, 6.45) is 1.77. The predicted octanol–water partition coefficient (Wildman–Crippen LogP) is 1.74. The molecule has 5 N–H and O–H groups in total. The summed E-state index contributed by atoms with van der Waals surface area (Å²) in [5.41, 5.74) is 12.8. The fourth-order valence-electron chi connectivity index (χ4n) is 2.47. The van der Waals surface area contributed by atoms with Crippen molar-refractivity contribution in [1.29, 1.82) is 0 Å². The lowest BCUT2D eigenvalue weighted by Crippen LogP contribution is -2.40. The number of nitrogens with one attached hydrogen (secondary N) is 1. The third-order valence-corrected chi connectivity index (χ3v) is 3.37. The van der Waals surface area contributed by atoms with Crippen molar-refractivity contribution in [2.45, 2.75) is 38.3 Å². The van der Waals surface area contributed by atoms with E-state index in [9.17, 15) is 4.79 Å². The van der Waals surface area contributed by atoms with Gasteiger partial charge in [-0.05, 0) is 44.9 Å². The van der Waals surface area contributed by atoms with E-state index in [4.69, 9.17) is 16.2 Å². The standard InChI is InChI=1S/C14H21N3O2/c1-14(2)8-10(5-6-19-14)17-12-7-9(15)3-4-11(12)13(16)18/h3-4,7,10,17H,5-6,8,15H2,1-2H3,(H2,16,18). The number of carbonyl (C=O) groups excluding carboxylic acids is 1. The molecule has 1 aromatic rings. The van der Waals surface area contributed by atoms with Crippen LogP contribution < -0.4 is 16.8 Å². The average molecular weight is 263 g/mol. The number of ether oxygens (including phenoxy) is 1. The highest BCUT2D eigenvalue weighted by atomic mass is 16.5. The van der Waals surface area contributed by atoms with Crippen LogP contribution in [0.3, 0.4) is 0 Å². The van der Waals surface area contributed by atoms with Crippen LogP contribution in [0.15, 0.2) is 18.2 Å². The average Bonchev–Trinajstić information content (AvgIpc) is 2.27. The zero-order chi connectivity index (χ0) is 14.0. The third kappa shape index (κ3) is 3.38. The lowest BCUT2D eigenvalue weighted by Gasteiger charge is -2.36. The van der Waals surface area contributed by atoms with Gasteiger partial charge in [-0.15, -0.1) is 0 Å². The molecule has 0 spiro atoms. The van der Waals surface area contributed by atoms with Crippen LogP contribution in [0, 0.1) is 0 Å². The normalized spacial score (nSPS) is 21.9. The van der Waals surface area contributed by atoms with Gasteiger partial charge < -0.3 is 21.5 Å². The molecule has 0 aliphatic carbocycles. The molecule has 5 heteroatoms. The Bertz CT molecular complexity index is 486. The van der Waals surface area contributed by atoms with Gasteiger partial charge in [0.2, 0.25) is 0 Å². The Kier molecular flexibility index (Phi) is 3.66. The van der Waals surface area contributed by atoms with Gasteiger partial charge in [0, 0.05) is 24.0 Å². The maximum atomic E-state index is 11.4. The van der Waals surface area contributed by atoms with Crippen LogP contribution in [-0.2, 0) is 4.74 Å². The molecule has 0 aromatic heterocycles. The van der Waals surface area contributed by atoms with Crippen LogP contribution in [-0.4, -0.2) is 24.2 Å². The van der Waals surface area contributed by atoms with Gasteiger partial charge in [0.25, 0.3) is 5.91 Å². The number of benzene rings is 1. The summed E-state index contributed by atoms with van der Waals surface area (Å²) in [5.74, 6) is -0.450. The number of carbonyl (C=O) groups is 1. The summed E-state index contributed by atoms with van der Waals surface area (Å²) in [6.45, 7) is 4.84. The van der Waals surface area contributed by atoms with Gasteiger partial charge >= 0.3 is 0 Å². The van der Waals surface area contributed by atoms with Crippen molar-refractivity contribution >= 4 is 17.3 Å². The summed E-state index contributed by atoms with van der Waals surface area (Å²) in [4.78, 5) is 11.4. The van der Waals surface area contributed by atoms with Gasteiger partial charge in [-0.25, -0.2) is 0 Å². The molecule has 1 heterocycles. The van der Waals surface area contributed by atoms with Crippen molar-refractivity contribution in [2.75, 3.05) is 17.7 Å². The molecule has 0 saturated carbocycles. The van der Waals surface area contributed by atoms with E-state index < -0.39 is 5.91 Å². The van der Waals surface area contributed by atoms with E-state index in [1.807, 2.05) is 0 Å². The third-order valence-electron chi connectivity index (χ3n) is 3.37. The number of primary amides is 1. The highest BCUT2D eigenvalue weighted by Crippen LogP contribution is 2.28. The van der Waals surface area contributed by atoms with E-state index in [-0.39, 0.29) is 11.6 Å². The van der Waals surface area contributed by atoms with E-state index in [1.54, 1.807) is 18.2 Å². The molecule has 1 unspecified atom stereocenters. The molecule has 1 aliphatic rings. The number of anilines is 2. The monoisotopic (exact) mass is 263 g/mol. The van der Waals surface area contributed by atoms with Crippen LogP contribution in [0.4, 0.5) is 11.4 Å². The zero-order valence-electron chi connectivity index (χ0n) is 11.4. The Hall–Kier alpha value is -1.75. The minimum atomic E-state index is -0.450. The molecule has 5 nitrogen and oxygen atoms in total. The van der Waals surface area contributed by atoms with Crippen molar-refractivity contribution in [3.63, 3.8) is 0 Å². The Morgan fingerprint density at radius 3 is 2.84 bits per heavy atom. The van der Waals surface area contributed by atoms with Gasteiger partial charge in [0.05, 0.1) is 11.2 Å². The lowest BCUT2D eigenvalue weighted by molar-refractivity contribution is -0.0553. The maximum Gasteiger partial charge on any atom is 0.250 e. The zero-order valence-corrected chi connectivity index (χ0v) is 11.4. The van der Waals surface area contributed by atoms with Crippen molar-refractivity contribution in [1.82, 2.24) is 0 Å². The molecule has 1 fully saturated rings. The van der Waals surface area contributed by atoms with Gasteiger partial charge in [-0.2, -0.15) is 0 Å². The first-order valence-electron chi connectivity index (χ1n) is 6.47. The minimum Gasteiger partial charge on any atom is -0.399 e. The smallest absolute Gasteiger partial charge is 0.250 e. The Labute approximate surface area is 113 Å². The van der Waals surface area contributed by atoms with E-state index in [0.717, 1.165) is 12.8 Å². The maximum absolute atomic E-state index is 11.4. The molecule has 1 saturated heterocycles. The fourth-order valence-corrected chi connectivity index (χ4v) is 2.47. The summed E-state index contributed by atoms with van der Waals surface area (Å²) in [5, 5.41) is 3.37. The number of nitrogen functional groups attached to an aromatic ring is 1. The van der Waals surface area contributed by atoms with Crippen molar-refractivity contribution < 1.29 is 9.53 Å². The number of hydrogen-bond acceptors (Lipinski definition) is 4.